The molecule has 0 saturated carbocycles. The molecule has 2 unspecified atom stereocenters. The zero-order valence-corrected chi connectivity index (χ0v) is 12.2. The highest BCUT2D eigenvalue weighted by Crippen LogP contribution is 2.32. The van der Waals surface area contributed by atoms with Crippen LogP contribution in [0.3, 0.4) is 0 Å². The molecule has 1 aromatic rings. The molecular weight excluding hydrogens is 264 g/mol. The average molecular weight is 285 g/mol. The second-order valence-electron chi connectivity index (χ2n) is 5.14. The molecule has 3 N–H and O–H groups in total. The van der Waals surface area contributed by atoms with Crippen LogP contribution in [0.1, 0.15) is 25.3 Å². The third kappa shape index (κ3) is 3.20. The lowest BCUT2D eigenvalue weighted by atomic mass is 9.88. The predicted molar refractivity (Wildman–Crippen MR) is 76.4 cm³/mol. The van der Waals surface area contributed by atoms with Crippen molar-refractivity contribution in [2.24, 2.45) is 5.84 Å². The largest absolute Gasteiger partial charge is 0.496 e. The fraction of sp³-hybridized carbons (Fsp3) is 0.571. The Kier molecular flexibility index (Phi) is 4.68. The normalized spacial score (nSPS) is 24.4. The minimum absolute atomic E-state index is 0.0300. The van der Waals surface area contributed by atoms with Crippen molar-refractivity contribution < 1.29 is 9.47 Å². The number of hydrogen-bond donors (Lipinski definition) is 2. The summed E-state index contributed by atoms with van der Waals surface area (Å²) in [5, 5.41) is 0.698. The lowest BCUT2D eigenvalue weighted by molar-refractivity contribution is -0.0116. The molecule has 1 fully saturated rings. The van der Waals surface area contributed by atoms with Crippen molar-refractivity contribution in [3.05, 3.63) is 28.8 Å². The number of hydrogen-bond acceptors (Lipinski definition) is 4. The number of rotatable bonds is 5. The minimum atomic E-state index is -0.234. The molecule has 2 rings (SSSR count). The van der Waals surface area contributed by atoms with Gasteiger partial charge in [0.25, 0.3) is 0 Å². The van der Waals surface area contributed by atoms with Crippen LogP contribution in [0.4, 0.5) is 0 Å². The smallest absolute Gasteiger partial charge is 0.122 e. The van der Waals surface area contributed by atoms with Gasteiger partial charge in [0.05, 0.1) is 18.8 Å². The number of halogens is 1. The van der Waals surface area contributed by atoms with Crippen LogP contribution >= 0.6 is 11.6 Å². The Hall–Kier alpha value is -0.810. The van der Waals surface area contributed by atoms with Gasteiger partial charge in [-0.15, -0.1) is 0 Å². The molecule has 1 heterocycles. The second-order valence-corrected chi connectivity index (χ2v) is 5.58. The second kappa shape index (κ2) is 6.09. The fourth-order valence-corrected chi connectivity index (χ4v) is 2.85. The monoisotopic (exact) mass is 284 g/mol. The molecule has 1 aliphatic rings. The fourth-order valence-electron chi connectivity index (χ4n) is 2.65. The number of methoxy groups -OCH3 is 1. The number of ether oxygens (including phenoxy) is 2. The van der Waals surface area contributed by atoms with E-state index in [4.69, 9.17) is 26.9 Å². The number of hydrazine groups is 1. The Morgan fingerprint density at radius 3 is 2.95 bits per heavy atom. The molecule has 4 nitrogen and oxygen atoms in total. The van der Waals surface area contributed by atoms with E-state index in [9.17, 15) is 0 Å². The van der Waals surface area contributed by atoms with E-state index >= 15 is 0 Å². The summed E-state index contributed by atoms with van der Waals surface area (Å²) < 4.78 is 11.2. The summed E-state index contributed by atoms with van der Waals surface area (Å²) in [6, 6.07) is 5.65. The molecule has 2 atom stereocenters. The van der Waals surface area contributed by atoms with Crippen molar-refractivity contribution in [3.63, 3.8) is 0 Å². The molecule has 0 aromatic heterocycles. The Morgan fingerprint density at radius 1 is 1.58 bits per heavy atom. The van der Waals surface area contributed by atoms with Gasteiger partial charge in [0.15, 0.2) is 0 Å². The van der Waals surface area contributed by atoms with Gasteiger partial charge >= 0.3 is 0 Å². The minimum Gasteiger partial charge on any atom is -0.496 e. The molecule has 106 valence electrons. The summed E-state index contributed by atoms with van der Waals surface area (Å²) in [5.41, 5.74) is 3.68. The van der Waals surface area contributed by atoms with Gasteiger partial charge in [0.2, 0.25) is 0 Å². The maximum atomic E-state index is 6.06. The van der Waals surface area contributed by atoms with Gasteiger partial charge in [-0.25, -0.2) is 0 Å². The Bertz CT molecular complexity index is 433. The third-order valence-electron chi connectivity index (χ3n) is 3.85. The molecule has 1 saturated heterocycles. The Balaban J connectivity index is 2.20. The molecular formula is C14H21ClN2O2. The Labute approximate surface area is 119 Å². The first kappa shape index (κ1) is 14.6. The molecule has 0 bridgehead atoms. The van der Waals surface area contributed by atoms with Crippen LogP contribution in [0.2, 0.25) is 5.02 Å². The number of nitrogens with two attached hydrogens (primary N) is 1. The number of benzene rings is 1. The van der Waals surface area contributed by atoms with Crippen LogP contribution in [-0.2, 0) is 11.2 Å². The van der Waals surface area contributed by atoms with Crippen molar-refractivity contribution in [1.29, 1.82) is 0 Å². The maximum absolute atomic E-state index is 6.06. The Morgan fingerprint density at radius 2 is 2.37 bits per heavy atom. The lowest BCUT2D eigenvalue weighted by Gasteiger charge is -2.33. The average Bonchev–Trinajstić information content (AvgIpc) is 2.84. The van der Waals surface area contributed by atoms with Crippen LogP contribution in [0.5, 0.6) is 5.75 Å². The third-order valence-corrected chi connectivity index (χ3v) is 4.09. The standard InChI is InChI=1S/C14H21ClN2O2/c1-14(6-3-7-19-14)13(17-16)9-10-8-11(15)4-5-12(10)18-2/h4-5,8,13,17H,3,6-7,9,16H2,1-2H3. The summed E-state index contributed by atoms with van der Waals surface area (Å²) in [7, 11) is 1.66. The molecule has 0 radical (unpaired) electrons. The summed E-state index contributed by atoms with van der Waals surface area (Å²) >= 11 is 6.06. The predicted octanol–water partition coefficient (Wildman–Crippen LogP) is 2.29. The van der Waals surface area contributed by atoms with Crippen molar-refractivity contribution >= 4 is 11.6 Å². The van der Waals surface area contributed by atoms with Crippen molar-refractivity contribution in [2.75, 3.05) is 13.7 Å². The summed E-state index contributed by atoms with van der Waals surface area (Å²) in [6.45, 7) is 2.89. The van der Waals surface area contributed by atoms with Crippen molar-refractivity contribution in [2.45, 2.75) is 37.8 Å². The lowest BCUT2D eigenvalue weighted by Crippen LogP contribution is -2.52. The van der Waals surface area contributed by atoms with Crippen LogP contribution in [-0.4, -0.2) is 25.4 Å². The van der Waals surface area contributed by atoms with Gasteiger partial charge in [0.1, 0.15) is 5.75 Å². The van der Waals surface area contributed by atoms with E-state index in [2.05, 4.69) is 12.3 Å². The van der Waals surface area contributed by atoms with Crippen LogP contribution < -0.4 is 16.0 Å². The first-order valence-electron chi connectivity index (χ1n) is 6.51. The molecule has 19 heavy (non-hydrogen) atoms. The molecule has 1 aliphatic heterocycles. The molecule has 1 aromatic carbocycles. The topological polar surface area (TPSA) is 56.5 Å². The highest BCUT2D eigenvalue weighted by atomic mass is 35.5. The quantitative estimate of drug-likeness (QED) is 0.643. The maximum Gasteiger partial charge on any atom is 0.122 e. The first-order chi connectivity index (χ1) is 9.09. The van der Waals surface area contributed by atoms with Gasteiger partial charge in [0, 0.05) is 11.6 Å². The van der Waals surface area contributed by atoms with E-state index in [0.29, 0.717) is 5.02 Å². The van der Waals surface area contributed by atoms with E-state index in [1.807, 2.05) is 18.2 Å². The van der Waals surface area contributed by atoms with E-state index in [1.54, 1.807) is 7.11 Å². The van der Waals surface area contributed by atoms with Gasteiger partial charge in [-0.1, -0.05) is 11.6 Å². The molecule has 0 aliphatic carbocycles. The van der Waals surface area contributed by atoms with Crippen molar-refractivity contribution in [1.82, 2.24) is 5.43 Å². The SMILES string of the molecule is COc1ccc(Cl)cc1CC(NN)C1(C)CCCO1. The first-order valence-corrected chi connectivity index (χ1v) is 6.89. The van der Waals surface area contributed by atoms with E-state index in [0.717, 1.165) is 37.2 Å². The van der Waals surface area contributed by atoms with Gasteiger partial charge < -0.3 is 9.47 Å². The molecule has 0 amide bonds. The van der Waals surface area contributed by atoms with Gasteiger partial charge in [-0.3, -0.25) is 11.3 Å². The van der Waals surface area contributed by atoms with E-state index in [1.165, 1.54) is 0 Å². The summed E-state index contributed by atoms with van der Waals surface area (Å²) in [6.07, 6.45) is 2.79. The van der Waals surface area contributed by atoms with Gasteiger partial charge in [-0.2, -0.15) is 0 Å². The van der Waals surface area contributed by atoms with E-state index in [-0.39, 0.29) is 11.6 Å². The molecule has 5 heteroatoms. The summed E-state index contributed by atoms with van der Waals surface area (Å²) in [5.74, 6) is 6.54. The van der Waals surface area contributed by atoms with Crippen LogP contribution in [0, 0.1) is 0 Å². The van der Waals surface area contributed by atoms with Crippen LogP contribution in [0.25, 0.3) is 0 Å². The highest BCUT2D eigenvalue weighted by molar-refractivity contribution is 6.30. The number of nitrogens with one attached hydrogen (secondary N) is 1. The summed E-state index contributed by atoms with van der Waals surface area (Å²) in [4.78, 5) is 0. The van der Waals surface area contributed by atoms with Crippen molar-refractivity contribution in [3.8, 4) is 5.75 Å². The zero-order chi connectivity index (χ0) is 13.9. The zero-order valence-electron chi connectivity index (χ0n) is 11.4. The highest BCUT2D eigenvalue weighted by Gasteiger charge is 2.38. The van der Waals surface area contributed by atoms with Crippen LogP contribution in [0.15, 0.2) is 18.2 Å². The van der Waals surface area contributed by atoms with Gasteiger partial charge in [-0.05, 0) is 49.9 Å². The van der Waals surface area contributed by atoms with E-state index < -0.39 is 0 Å². The molecule has 0 spiro atoms.